The lowest BCUT2D eigenvalue weighted by Crippen LogP contribution is -2.71. The number of nitriles is 1. The number of anilines is 1. The first kappa shape index (κ1) is 26.4. The van der Waals surface area contributed by atoms with Gasteiger partial charge in [-0.1, -0.05) is 12.0 Å². The number of piperazine rings is 1. The van der Waals surface area contributed by atoms with Crippen LogP contribution < -0.4 is 4.90 Å². The van der Waals surface area contributed by atoms with Crippen molar-refractivity contribution in [3.05, 3.63) is 90.4 Å². The van der Waals surface area contributed by atoms with Crippen molar-refractivity contribution in [1.29, 1.82) is 5.26 Å². The first-order chi connectivity index (χ1) is 21.5. The van der Waals surface area contributed by atoms with E-state index in [0.717, 1.165) is 64.4 Å². The smallest absolute Gasteiger partial charge is 0.128 e. The number of aromatic nitrogens is 6. The highest BCUT2D eigenvalue weighted by Crippen LogP contribution is 2.43. The molecular weight excluding hydrogens is 546 g/mol. The molecule has 5 aromatic heterocycles. The Balaban J connectivity index is 0.984. The standard InChI is InChI=1S/C35H31N9/c1-4-23-5-7-33(37-14-23)26-9-25(10-26)22(2)44-30-12-31(44)21-42(20-30)34-8-6-24(15-38-34)32-11-27(29-17-39-41(3)18-29)19-43-35(32)28(13-36)16-40-43/h1,5-9,11,14-19,22,25,30-31H,10,12,20-21H2,2-3H3. The maximum absolute atomic E-state index is 9.77. The van der Waals surface area contributed by atoms with Crippen molar-refractivity contribution in [2.75, 3.05) is 18.0 Å². The number of hydrogen-bond acceptors (Lipinski definition) is 7. The van der Waals surface area contributed by atoms with Crippen LogP contribution in [0.3, 0.4) is 0 Å². The van der Waals surface area contributed by atoms with Crippen molar-refractivity contribution >= 4 is 16.9 Å². The normalized spacial score (nSPS) is 21.6. The zero-order valence-electron chi connectivity index (χ0n) is 24.7. The van der Waals surface area contributed by atoms with Gasteiger partial charge in [0.15, 0.2) is 0 Å². The van der Waals surface area contributed by atoms with Crippen LogP contribution in [0.4, 0.5) is 5.82 Å². The number of nitrogens with zero attached hydrogens (tertiary/aromatic N) is 9. The van der Waals surface area contributed by atoms with Gasteiger partial charge in [-0.25, -0.2) is 9.50 Å². The summed E-state index contributed by atoms with van der Waals surface area (Å²) >= 11 is 0. The molecule has 0 N–H and O–H groups in total. The first-order valence-electron chi connectivity index (χ1n) is 15.0. The lowest BCUT2D eigenvalue weighted by atomic mass is 9.75. The lowest BCUT2D eigenvalue weighted by molar-refractivity contribution is -0.0464. The van der Waals surface area contributed by atoms with Gasteiger partial charge in [-0.3, -0.25) is 14.6 Å². The Morgan fingerprint density at radius 2 is 1.80 bits per heavy atom. The Morgan fingerprint density at radius 1 is 0.955 bits per heavy atom. The van der Waals surface area contributed by atoms with Crippen LogP contribution in [0.2, 0.25) is 0 Å². The highest BCUT2D eigenvalue weighted by Gasteiger charge is 2.49. The highest BCUT2D eigenvalue weighted by molar-refractivity contribution is 5.87. The summed E-state index contributed by atoms with van der Waals surface area (Å²) in [5.41, 5.74) is 8.36. The number of piperidine rings is 1. The van der Waals surface area contributed by atoms with Gasteiger partial charge in [-0.2, -0.15) is 15.5 Å². The molecule has 0 spiro atoms. The van der Waals surface area contributed by atoms with Crippen LogP contribution in [0.1, 0.15) is 36.6 Å². The summed E-state index contributed by atoms with van der Waals surface area (Å²) in [6.07, 6.45) is 21.3. The predicted octanol–water partition coefficient (Wildman–Crippen LogP) is 4.80. The summed E-state index contributed by atoms with van der Waals surface area (Å²) in [5.74, 6) is 4.19. The van der Waals surface area contributed by atoms with Crippen LogP contribution in [0.25, 0.3) is 33.3 Å². The quantitative estimate of drug-likeness (QED) is 0.268. The van der Waals surface area contributed by atoms with Gasteiger partial charge < -0.3 is 4.90 Å². The number of terminal acetylenes is 1. The summed E-state index contributed by atoms with van der Waals surface area (Å²) < 4.78 is 3.56. The van der Waals surface area contributed by atoms with E-state index >= 15 is 0 Å². The fourth-order valence-electron chi connectivity index (χ4n) is 7.24. The molecule has 2 bridgehead atoms. The molecule has 0 aromatic carbocycles. The highest BCUT2D eigenvalue weighted by atomic mass is 15.4. The maximum Gasteiger partial charge on any atom is 0.128 e. The molecule has 4 unspecified atom stereocenters. The third kappa shape index (κ3) is 4.28. The van der Waals surface area contributed by atoms with Crippen molar-refractivity contribution in [2.45, 2.75) is 37.9 Å². The fraction of sp³-hybridized carbons (Fsp3) is 0.286. The van der Waals surface area contributed by atoms with Gasteiger partial charge in [0.05, 0.1) is 29.2 Å². The topological polar surface area (TPSA) is 91.2 Å². The third-order valence-corrected chi connectivity index (χ3v) is 9.62. The average Bonchev–Trinajstić information content (AvgIpc) is 3.66. The molecule has 4 aliphatic rings. The number of pyridine rings is 3. The minimum absolute atomic E-state index is 0.504. The van der Waals surface area contributed by atoms with Crippen molar-refractivity contribution < 1.29 is 0 Å². The zero-order valence-corrected chi connectivity index (χ0v) is 24.7. The molecule has 5 aromatic rings. The second-order valence-electron chi connectivity index (χ2n) is 12.2. The predicted molar refractivity (Wildman–Crippen MR) is 169 cm³/mol. The molecule has 8 heterocycles. The average molecular weight is 578 g/mol. The number of rotatable bonds is 6. The molecule has 4 atom stereocenters. The van der Waals surface area contributed by atoms with Gasteiger partial charge in [0.25, 0.3) is 0 Å². The molecule has 216 valence electrons. The van der Waals surface area contributed by atoms with Crippen molar-refractivity contribution in [2.24, 2.45) is 13.0 Å². The van der Waals surface area contributed by atoms with Crippen LogP contribution in [0.5, 0.6) is 0 Å². The number of hydrogen-bond donors (Lipinski definition) is 0. The molecule has 9 heteroatoms. The number of fused-ring (bicyclic) bond motifs is 3. The lowest BCUT2D eigenvalue weighted by Gasteiger charge is -2.60. The summed E-state index contributed by atoms with van der Waals surface area (Å²) in [6.45, 7) is 4.34. The van der Waals surface area contributed by atoms with Gasteiger partial charge in [-0.15, -0.1) is 6.42 Å². The summed E-state index contributed by atoms with van der Waals surface area (Å²) in [7, 11) is 1.90. The largest absolute Gasteiger partial charge is 0.353 e. The Kier molecular flexibility index (Phi) is 6.11. The molecule has 44 heavy (non-hydrogen) atoms. The van der Waals surface area contributed by atoms with Crippen LogP contribution in [-0.4, -0.2) is 65.5 Å². The Morgan fingerprint density at radius 3 is 2.45 bits per heavy atom. The SMILES string of the molecule is C#Cc1ccc(C2=CC(C(C)N3C4CC3CN(c3ccc(-c5cc(-c6cnn(C)c6)cn6ncc(C#N)c56)cn3)C4)C2)nc1. The van der Waals surface area contributed by atoms with E-state index in [4.69, 9.17) is 11.4 Å². The number of aryl methyl sites for hydroxylation is 1. The van der Waals surface area contributed by atoms with Gasteiger partial charge >= 0.3 is 0 Å². The monoisotopic (exact) mass is 577 g/mol. The zero-order chi connectivity index (χ0) is 29.9. The Bertz CT molecular complexity index is 1990. The molecule has 9 nitrogen and oxygen atoms in total. The molecule has 3 saturated heterocycles. The molecule has 0 radical (unpaired) electrons. The van der Waals surface area contributed by atoms with E-state index in [0.29, 0.717) is 29.6 Å². The van der Waals surface area contributed by atoms with Gasteiger partial charge in [-0.05, 0) is 61.6 Å². The minimum Gasteiger partial charge on any atom is -0.353 e. The maximum atomic E-state index is 9.77. The van der Waals surface area contributed by atoms with E-state index in [2.05, 4.69) is 68.2 Å². The molecule has 0 amide bonds. The summed E-state index contributed by atoms with van der Waals surface area (Å²) in [5, 5.41) is 18.6. The molecular formula is C35H31N9. The van der Waals surface area contributed by atoms with Crippen LogP contribution in [-0.2, 0) is 7.05 Å². The molecule has 9 rings (SSSR count). The van der Waals surface area contributed by atoms with E-state index in [-0.39, 0.29) is 0 Å². The first-order valence-corrected chi connectivity index (χ1v) is 15.0. The van der Waals surface area contributed by atoms with Crippen molar-refractivity contribution in [1.82, 2.24) is 34.3 Å². The van der Waals surface area contributed by atoms with E-state index in [1.165, 1.54) is 12.0 Å². The van der Waals surface area contributed by atoms with Gasteiger partial charge in [0, 0.05) is 90.9 Å². The summed E-state index contributed by atoms with van der Waals surface area (Å²) in [6, 6.07) is 14.2. The van der Waals surface area contributed by atoms with E-state index < -0.39 is 0 Å². The fourth-order valence-corrected chi connectivity index (χ4v) is 7.24. The van der Waals surface area contributed by atoms with Crippen LogP contribution in [0, 0.1) is 29.6 Å². The van der Waals surface area contributed by atoms with E-state index in [1.807, 2.05) is 44.0 Å². The van der Waals surface area contributed by atoms with Gasteiger partial charge in [0.1, 0.15) is 11.9 Å². The molecule has 3 fully saturated rings. The minimum atomic E-state index is 0.504. The molecule has 3 aliphatic heterocycles. The van der Waals surface area contributed by atoms with Gasteiger partial charge in [0.2, 0.25) is 0 Å². The Hall–Kier alpha value is -5.25. The van der Waals surface area contributed by atoms with E-state index in [9.17, 15) is 5.26 Å². The second kappa shape index (κ2) is 10.2. The number of allylic oxidation sites excluding steroid dienone is 1. The van der Waals surface area contributed by atoms with Crippen molar-refractivity contribution in [3.8, 4) is 40.7 Å². The Labute approximate surface area is 256 Å². The van der Waals surface area contributed by atoms with Crippen molar-refractivity contribution in [3.63, 3.8) is 0 Å². The van der Waals surface area contributed by atoms with E-state index in [1.54, 1.807) is 21.6 Å². The second-order valence-corrected chi connectivity index (χ2v) is 12.2. The summed E-state index contributed by atoms with van der Waals surface area (Å²) in [4.78, 5) is 14.6. The molecule has 1 aliphatic carbocycles. The molecule has 0 saturated carbocycles. The third-order valence-electron chi connectivity index (χ3n) is 9.62. The van der Waals surface area contributed by atoms with Crippen LogP contribution in [0.15, 0.2) is 73.6 Å². The van der Waals surface area contributed by atoms with Crippen LogP contribution >= 0.6 is 0 Å².